The van der Waals surface area contributed by atoms with Gasteiger partial charge >= 0.3 is 12.1 Å². The number of likely N-dealkylation sites (tertiary alicyclic amines) is 1. The number of aliphatic carboxylic acids is 1. The number of hydrogen-bond donors (Lipinski definition) is 1. The molecule has 1 aliphatic carbocycles. The fourth-order valence-electron chi connectivity index (χ4n) is 4.19. The molecule has 1 aliphatic heterocycles. The lowest BCUT2D eigenvalue weighted by atomic mass is 9.98. The third kappa shape index (κ3) is 3.42. The van der Waals surface area contributed by atoms with Gasteiger partial charge in [-0.1, -0.05) is 55.0 Å². The van der Waals surface area contributed by atoms with Crippen molar-refractivity contribution in [3.05, 3.63) is 59.7 Å². The Kier molecular flexibility index (Phi) is 4.84. The van der Waals surface area contributed by atoms with Gasteiger partial charge in [-0.25, -0.2) is 4.79 Å². The Labute approximate surface area is 158 Å². The zero-order valence-electron chi connectivity index (χ0n) is 15.1. The van der Waals surface area contributed by atoms with Gasteiger partial charge in [-0.2, -0.15) is 0 Å². The highest BCUT2D eigenvalue weighted by atomic mass is 16.6. The van der Waals surface area contributed by atoms with E-state index in [0.717, 1.165) is 12.8 Å². The summed E-state index contributed by atoms with van der Waals surface area (Å²) in [5.74, 6) is -1.33. The van der Waals surface area contributed by atoms with E-state index in [1.165, 1.54) is 22.3 Å². The van der Waals surface area contributed by atoms with Crippen LogP contribution in [0.4, 0.5) is 4.79 Å². The summed E-state index contributed by atoms with van der Waals surface area (Å²) < 4.78 is 5.66. The number of ether oxygens (including phenoxy) is 1. The van der Waals surface area contributed by atoms with Crippen LogP contribution in [0.1, 0.15) is 36.3 Å². The molecule has 0 unspecified atom stereocenters. The standard InChI is InChI=1S/C22H23NO4/c24-21(25)15-7-5-6-12-23(13-15)22(26)27-14-20-18-10-3-1-8-16(18)17-9-2-4-11-19(17)20/h1-4,8-11,15,20H,5-7,12-14H2,(H,24,25)/t15-/m1/s1. The SMILES string of the molecule is O=C(O)[C@@H]1CCCCN(C(=O)OCC2c3ccccc3-c3ccccc32)C1. The van der Waals surface area contributed by atoms with Crippen molar-refractivity contribution < 1.29 is 19.4 Å². The van der Waals surface area contributed by atoms with Gasteiger partial charge in [0.05, 0.1) is 5.92 Å². The molecule has 1 heterocycles. The van der Waals surface area contributed by atoms with E-state index in [1.54, 1.807) is 4.90 Å². The first-order valence-corrected chi connectivity index (χ1v) is 9.48. The molecule has 0 bridgehead atoms. The zero-order valence-corrected chi connectivity index (χ0v) is 15.1. The molecule has 27 heavy (non-hydrogen) atoms. The largest absolute Gasteiger partial charge is 0.481 e. The highest BCUT2D eigenvalue weighted by Crippen LogP contribution is 2.44. The predicted octanol–water partition coefficient (Wildman–Crippen LogP) is 4.12. The fourth-order valence-corrected chi connectivity index (χ4v) is 4.19. The van der Waals surface area contributed by atoms with E-state index in [0.29, 0.717) is 13.0 Å². The van der Waals surface area contributed by atoms with Gasteiger partial charge in [0.15, 0.2) is 0 Å². The van der Waals surface area contributed by atoms with Gasteiger partial charge < -0.3 is 14.7 Å². The van der Waals surface area contributed by atoms with Gasteiger partial charge in [0.1, 0.15) is 6.61 Å². The second-order valence-corrected chi connectivity index (χ2v) is 7.28. The lowest BCUT2D eigenvalue weighted by molar-refractivity contribution is -0.142. The van der Waals surface area contributed by atoms with Gasteiger partial charge in [0, 0.05) is 19.0 Å². The lowest BCUT2D eigenvalue weighted by Gasteiger charge is -2.23. The predicted molar refractivity (Wildman–Crippen MR) is 102 cm³/mol. The number of carbonyl (C=O) groups is 2. The minimum atomic E-state index is -0.839. The van der Waals surface area contributed by atoms with Crippen LogP contribution < -0.4 is 0 Å². The molecular formula is C22H23NO4. The van der Waals surface area contributed by atoms with Gasteiger partial charge in [-0.15, -0.1) is 0 Å². The molecule has 5 heteroatoms. The third-order valence-electron chi connectivity index (χ3n) is 5.61. The summed E-state index contributed by atoms with van der Waals surface area (Å²) in [6.07, 6.45) is 1.84. The van der Waals surface area contributed by atoms with Crippen LogP contribution in [0.25, 0.3) is 11.1 Å². The number of fused-ring (bicyclic) bond motifs is 3. The Hall–Kier alpha value is -2.82. The van der Waals surface area contributed by atoms with E-state index in [2.05, 4.69) is 24.3 Å². The fraction of sp³-hybridized carbons (Fsp3) is 0.364. The second kappa shape index (κ2) is 7.43. The molecule has 0 aromatic heterocycles. The van der Waals surface area contributed by atoms with Gasteiger partial charge in [0.25, 0.3) is 0 Å². The Morgan fingerprint density at radius 1 is 1.00 bits per heavy atom. The van der Waals surface area contributed by atoms with E-state index >= 15 is 0 Å². The minimum absolute atomic E-state index is 0.0172. The summed E-state index contributed by atoms with van der Waals surface area (Å²) in [5, 5.41) is 9.31. The zero-order chi connectivity index (χ0) is 18.8. The number of carbonyl (C=O) groups excluding carboxylic acids is 1. The molecule has 0 spiro atoms. The average Bonchev–Trinajstić information content (AvgIpc) is 2.83. The second-order valence-electron chi connectivity index (χ2n) is 7.28. The highest BCUT2D eigenvalue weighted by Gasteiger charge is 2.31. The van der Waals surface area contributed by atoms with Crippen LogP contribution in [0.2, 0.25) is 0 Å². The number of amides is 1. The Bertz CT molecular complexity index is 817. The summed E-state index contributed by atoms with van der Waals surface area (Å²) in [6, 6.07) is 16.4. The van der Waals surface area contributed by atoms with Crippen molar-refractivity contribution in [1.82, 2.24) is 4.90 Å². The number of carboxylic acids is 1. The van der Waals surface area contributed by atoms with E-state index in [9.17, 15) is 14.7 Å². The van der Waals surface area contributed by atoms with E-state index in [1.807, 2.05) is 24.3 Å². The molecule has 1 saturated heterocycles. The van der Waals surface area contributed by atoms with Crippen molar-refractivity contribution in [3.8, 4) is 11.1 Å². The van der Waals surface area contributed by atoms with Gasteiger partial charge in [0.2, 0.25) is 0 Å². The third-order valence-corrected chi connectivity index (χ3v) is 5.61. The van der Waals surface area contributed by atoms with E-state index < -0.39 is 18.0 Å². The number of rotatable bonds is 3. The molecule has 1 N–H and O–H groups in total. The quantitative estimate of drug-likeness (QED) is 0.888. The Morgan fingerprint density at radius 2 is 1.63 bits per heavy atom. The maximum Gasteiger partial charge on any atom is 0.409 e. The molecule has 1 fully saturated rings. The van der Waals surface area contributed by atoms with Crippen molar-refractivity contribution in [1.29, 1.82) is 0 Å². The maximum atomic E-state index is 12.6. The summed E-state index contributed by atoms with van der Waals surface area (Å²) in [6.45, 7) is 1.05. The molecule has 0 radical (unpaired) electrons. The normalized spacial score (nSPS) is 19.1. The number of benzene rings is 2. The molecule has 1 amide bonds. The average molecular weight is 365 g/mol. The van der Waals surface area contributed by atoms with E-state index in [-0.39, 0.29) is 19.1 Å². The first-order chi connectivity index (χ1) is 13.1. The summed E-state index contributed by atoms with van der Waals surface area (Å²) in [7, 11) is 0. The number of hydrogen-bond acceptors (Lipinski definition) is 3. The van der Waals surface area contributed by atoms with Crippen LogP contribution in [0.15, 0.2) is 48.5 Å². The van der Waals surface area contributed by atoms with Crippen LogP contribution in [0.3, 0.4) is 0 Å². The first kappa shape index (κ1) is 17.6. The monoisotopic (exact) mass is 365 g/mol. The molecule has 2 aliphatic rings. The van der Waals surface area contributed by atoms with Crippen LogP contribution in [-0.4, -0.2) is 41.8 Å². The molecule has 2 aromatic rings. The van der Waals surface area contributed by atoms with Crippen molar-refractivity contribution >= 4 is 12.1 Å². The summed E-state index contributed by atoms with van der Waals surface area (Å²) in [5.41, 5.74) is 4.72. The molecule has 5 nitrogen and oxygen atoms in total. The van der Waals surface area contributed by atoms with Crippen LogP contribution in [0.5, 0.6) is 0 Å². The first-order valence-electron chi connectivity index (χ1n) is 9.48. The molecular weight excluding hydrogens is 342 g/mol. The highest BCUT2D eigenvalue weighted by molar-refractivity contribution is 5.79. The van der Waals surface area contributed by atoms with Gasteiger partial charge in [-0.3, -0.25) is 4.79 Å². The Morgan fingerprint density at radius 3 is 2.26 bits per heavy atom. The smallest absolute Gasteiger partial charge is 0.409 e. The summed E-state index contributed by atoms with van der Waals surface area (Å²) in [4.78, 5) is 25.5. The number of nitrogens with zero attached hydrogens (tertiary/aromatic N) is 1. The Balaban J connectivity index is 1.48. The summed E-state index contributed by atoms with van der Waals surface area (Å²) >= 11 is 0. The van der Waals surface area contributed by atoms with Crippen LogP contribution in [-0.2, 0) is 9.53 Å². The maximum absolute atomic E-state index is 12.6. The van der Waals surface area contributed by atoms with E-state index in [4.69, 9.17) is 4.74 Å². The minimum Gasteiger partial charge on any atom is -0.481 e. The lowest BCUT2D eigenvalue weighted by Crippen LogP contribution is -2.37. The molecule has 1 atom stereocenters. The van der Waals surface area contributed by atoms with Crippen molar-refractivity contribution in [2.24, 2.45) is 5.92 Å². The van der Waals surface area contributed by atoms with Crippen LogP contribution >= 0.6 is 0 Å². The molecule has 140 valence electrons. The molecule has 4 rings (SSSR count). The van der Waals surface area contributed by atoms with Crippen molar-refractivity contribution in [2.75, 3.05) is 19.7 Å². The van der Waals surface area contributed by atoms with Crippen molar-refractivity contribution in [3.63, 3.8) is 0 Å². The van der Waals surface area contributed by atoms with Crippen molar-refractivity contribution in [2.45, 2.75) is 25.2 Å². The molecule has 2 aromatic carbocycles. The van der Waals surface area contributed by atoms with Crippen LogP contribution in [0, 0.1) is 5.92 Å². The molecule has 0 saturated carbocycles. The van der Waals surface area contributed by atoms with Gasteiger partial charge in [-0.05, 0) is 35.1 Å². The topological polar surface area (TPSA) is 66.8 Å². The number of carboxylic acid groups (broad SMARTS) is 1.